The number of fused-ring (bicyclic) bond motifs is 1. The Morgan fingerprint density at radius 3 is 2.85 bits per heavy atom. The Balaban J connectivity index is 2.20. The van der Waals surface area contributed by atoms with Gasteiger partial charge in [0.1, 0.15) is 6.10 Å². The Morgan fingerprint density at radius 1 is 1.35 bits per heavy atom. The molecule has 0 N–H and O–H groups in total. The van der Waals surface area contributed by atoms with Crippen LogP contribution in [0.1, 0.15) is 35.7 Å². The first-order valence-corrected chi connectivity index (χ1v) is 7.85. The maximum absolute atomic E-state index is 12.1. The number of ketones is 1. The van der Waals surface area contributed by atoms with Crippen molar-refractivity contribution in [3.63, 3.8) is 0 Å². The summed E-state index contributed by atoms with van der Waals surface area (Å²) in [5.41, 5.74) is 1.54. The summed E-state index contributed by atoms with van der Waals surface area (Å²) in [4.78, 5) is 12.1. The number of rotatable bonds is 6. The van der Waals surface area contributed by atoms with Gasteiger partial charge in [0, 0.05) is 10.9 Å². The molecule has 0 fully saturated rings. The monoisotopic (exact) mass is 342 g/mol. The highest BCUT2D eigenvalue weighted by atomic mass is 79.9. The molecule has 1 heterocycles. The molecule has 1 aliphatic heterocycles. The second kappa shape index (κ2) is 7.09. The van der Waals surface area contributed by atoms with Gasteiger partial charge in [0.15, 0.2) is 17.3 Å². The van der Waals surface area contributed by atoms with Crippen LogP contribution in [0.25, 0.3) is 0 Å². The maximum Gasteiger partial charge on any atom is 0.191 e. The van der Waals surface area contributed by atoms with Gasteiger partial charge in [-0.15, -0.1) is 0 Å². The van der Waals surface area contributed by atoms with Crippen molar-refractivity contribution in [1.29, 1.82) is 0 Å². The minimum absolute atomic E-state index is 0.000730. The van der Waals surface area contributed by atoms with Gasteiger partial charge in [-0.1, -0.05) is 15.9 Å². The number of carbonyl (C=O) groups excluding carboxylic acids is 1. The van der Waals surface area contributed by atoms with Gasteiger partial charge in [-0.25, -0.2) is 0 Å². The van der Waals surface area contributed by atoms with E-state index in [0.29, 0.717) is 30.3 Å². The molecule has 1 atom stereocenters. The highest BCUT2D eigenvalue weighted by Gasteiger charge is 2.26. The number of ether oxygens (including phenoxy) is 3. The smallest absolute Gasteiger partial charge is 0.191 e. The quantitative estimate of drug-likeness (QED) is 0.587. The largest absolute Gasteiger partial charge is 0.493 e. The molecule has 0 aliphatic carbocycles. The zero-order chi connectivity index (χ0) is 14.5. The second-order valence-corrected chi connectivity index (χ2v) is 5.52. The summed E-state index contributed by atoms with van der Waals surface area (Å²) in [6.45, 7) is 2.81. The molecule has 1 aromatic rings. The molecule has 2 rings (SSSR count). The molecule has 0 spiro atoms. The molecule has 0 aromatic heterocycles. The summed E-state index contributed by atoms with van der Waals surface area (Å²) >= 11 is 3.39. The molecule has 1 aromatic carbocycles. The minimum atomic E-state index is -0.392. The van der Waals surface area contributed by atoms with Crippen LogP contribution in [0.4, 0.5) is 0 Å². The van der Waals surface area contributed by atoms with E-state index in [0.717, 1.165) is 23.7 Å². The van der Waals surface area contributed by atoms with Crippen LogP contribution in [0.3, 0.4) is 0 Å². The van der Waals surface area contributed by atoms with E-state index in [1.165, 1.54) is 0 Å². The first-order chi connectivity index (χ1) is 9.67. The Hall–Kier alpha value is -1.07. The van der Waals surface area contributed by atoms with Crippen LogP contribution in [0.15, 0.2) is 12.1 Å². The predicted octanol–water partition coefficient (Wildman–Crippen LogP) is 3.35. The van der Waals surface area contributed by atoms with Gasteiger partial charge in [-0.3, -0.25) is 4.79 Å². The molecule has 5 heteroatoms. The van der Waals surface area contributed by atoms with Gasteiger partial charge >= 0.3 is 0 Å². The SMILES string of the molecule is COc1cc2c(cc1OCCCCBr)C(=O)C(C)OC2. The highest BCUT2D eigenvalue weighted by Crippen LogP contribution is 2.34. The van der Waals surface area contributed by atoms with Crippen molar-refractivity contribution in [2.75, 3.05) is 19.0 Å². The van der Waals surface area contributed by atoms with Gasteiger partial charge < -0.3 is 14.2 Å². The topological polar surface area (TPSA) is 44.8 Å². The standard InChI is InChI=1S/C15H19BrO4/c1-10-15(17)12-8-14(19-6-4-3-5-16)13(18-2)7-11(12)9-20-10/h7-8,10H,3-6,9H2,1-2H3. The van der Waals surface area contributed by atoms with Crippen molar-refractivity contribution in [1.82, 2.24) is 0 Å². The second-order valence-electron chi connectivity index (χ2n) is 4.72. The third-order valence-electron chi connectivity index (χ3n) is 3.30. The molecule has 0 radical (unpaired) electrons. The number of alkyl halides is 1. The van der Waals surface area contributed by atoms with E-state index in [-0.39, 0.29) is 5.78 Å². The molecular formula is C15H19BrO4. The fourth-order valence-corrected chi connectivity index (χ4v) is 2.51. The Bertz CT molecular complexity index is 487. The third kappa shape index (κ3) is 3.33. The normalized spacial score (nSPS) is 17.8. The van der Waals surface area contributed by atoms with Crippen LogP contribution in [0, 0.1) is 0 Å². The number of carbonyl (C=O) groups is 1. The number of benzene rings is 1. The fraction of sp³-hybridized carbons (Fsp3) is 0.533. The summed E-state index contributed by atoms with van der Waals surface area (Å²) < 4.78 is 16.5. The van der Waals surface area contributed by atoms with Gasteiger partial charge in [0.2, 0.25) is 0 Å². The molecule has 0 saturated carbocycles. The summed E-state index contributed by atoms with van der Waals surface area (Å²) in [5.74, 6) is 1.27. The van der Waals surface area contributed by atoms with Gasteiger partial charge in [-0.2, -0.15) is 0 Å². The summed E-state index contributed by atoms with van der Waals surface area (Å²) in [6, 6.07) is 3.61. The van der Waals surface area contributed by atoms with E-state index in [1.807, 2.05) is 6.07 Å². The number of Topliss-reactive ketones (excluding diaryl/α,β-unsaturated/α-hetero) is 1. The van der Waals surface area contributed by atoms with Crippen LogP contribution >= 0.6 is 15.9 Å². The maximum atomic E-state index is 12.1. The zero-order valence-corrected chi connectivity index (χ0v) is 13.4. The predicted molar refractivity (Wildman–Crippen MR) is 80.1 cm³/mol. The molecule has 110 valence electrons. The third-order valence-corrected chi connectivity index (χ3v) is 3.86. The fourth-order valence-electron chi connectivity index (χ4n) is 2.11. The van der Waals surface area contributed by atoms with E-state index in [2.05, 4.69) is 15.9 Å². The van der Waals surface area contributed by atoms with Crippen molar-refractivity contribution in [3.8, 4) is 11.5 Å². The lowest BCUT2D eigenvalue weighted by molar-refractivity contribution is 0.0335. The van der Waals surface area contributed by atoms with Crippen molar-refractivity contribution in [2.24, 2.45) is 0 Å². The summed E-state index contributed by atoms with van der Waals surface area (Å²) in [5, 5.41) is 0.963. The molecular weight excluding hydrogens is 324 g/mol. The zero-order valence-electron chi connectivity index (χ0n) is 11.8. The van der Waals surface area contributed by atoms with E-state index in [1.54, 1.807) is 20.1 Å². The lowest BCUT2D eigenvalue weighted by atomic mass is 9.97. The van der Waals surface area contributed by atoms with Crippen molar-refractivity contribution in [2.45, 2.75) is 32.5 Å². The Kier molecular flexibility index (Phi) is 5.43. The first-order valence-electron chi connectivity index (χ1n) is 6.73. The molecule has 0 bridgehead atoms. The molecule has 0 amide bonds. The molecule has 4 nitrogen and oxygen atoms in total. The Labute approximate surface area is 127 Å². The summed E-state index contributed by atoms with van der Waals surface area (Å²) in [7, 11) is 1.60. The van der Waals surface area contributed by atoms with Crippen molar-refractivity contribution >= 4 is 21.7 Å². The van der Waals surface area contributed by atoms with Crippen LogP contribution in [-0.2, 0) is 11.3 Å². The number of halogens is 1. The van der Waals surface area contributed by atoms with Crippen LogP contribution in [0.5, 0.6) is 11.5 Å². The van der Waals surface area contributed by atoms with E-state index in [9.17, 15) is 4.79 Å². The number of hydrogen-bond acceptors (Lipinski definition) is 4. The van der Waals surface area contributed by atoms with E-state index >= 15 is 0 Å². The minimum Gasteiger partial charge on any atom is -0.493 e. The first kappa shape index (κ1) is 15.3. The molecule has 1 aliphatic rings. The molecule has 1 unspecified atom stereocenters. The highest BCUT2D eigenvalue weighted by molar-refractivity contribution is 9.09. The van der Waals surface area contributed by atoms with Crippen molar-refractivity contribution < 1.29 is 19.0 Å². The molecule has 20 heavy (non-hydrogen) atoms. The number of unbranched alkanes of at least 4 members (excludes halogenated alkanes) is 1. The Morgan fingerprint density at radius 2 is 2.15 bits per heavy atom. The number of hydrogen-bond donors (Lipinski definition) is 0. The average molecular weight is 343 g/mol. The summed E-state index contributed by atoms with van der Waals surface area (Å²) in [6.07, 6.45) is 1.62. The van der Waals surface area contributed by atoms with Crippen LogP contribution < -0.4 is 9.47 Å². The van der Waals surface area contributed by atoms with Crippen LogP contribution in [0.2, 0.25) is 0 Å². The lowest BCUT2D eigenvalue weighted by Gasteiger charge is -2.23. The van der Waals surface area contributed by atoms with E-state index < -0.39 is 6.10 Å². The molecule has 0 saturated heterocycles. The lowest BCUT2D eigenvalue weighted by Crippen LogP contribution is -2.27. The van der Waals surface area contributed by atoms with Gasteiger partial charge in [-0.05, 0) is 37.5 Å². The van der Waals surface area contributed by atoms with Gasteiger partial charge in [0.25, 0.3) is 0 Å². The van der Waals surface area contributed by atoms with Crippen LogP contribution in [-0.4, -0.2) is 30.9 Å². The van der Waals surface area contributed by atoms with E-state index in [4.69, 9.17) is 14.2 Å². The van der Waals surface area contributed by atoms with Crippen molar-refractivity contribution in [3.05, 3.63) is 23.3 Å². The van der Waals surface area contributed by atoms with Gasteiger partial charge in [0.05, 0.1) is 20.3 Å². The number of methoxy groups -OCH3 is 1. The average Bonchev–Trinajstić information content (AvgIpc) is 2.47.